The van der Waals surface area contributed by atoms with Gasteiger partial charge in [0, 0.05) is 10.6 Å². The molecule has 3 rings (SSSR count). The van der Waals surface area contributed by atoms with Crippen molar-refractivity contribution in [2.24, 2.45) is 0 Å². The number of anilines is 1. The number of carbonyl (C=O) groups is 1. The summed E-state index contributed by atoms with van der Waals surface area (Å²) in [5.74, 6) is 0.509. The molecule has 0 saturated heterocycles. The number of methoxy groups -OCH3 is 1. The number of carbonyl (C=O) groups excluding carboxylic acids is 1. The Kier molecular flexibility index (Phi) is 4.30. The van der Waals surface area contributed by atoms with Gasteiger partial charge in [0.2, 0.25) is 0 Å². The first-order valence-corrected chi connectivity index (χ1v) is 7.20. The van der Waals surface area contributed by atoms with Gasteiger partial charge >= 0.3 is 0 Å². The van der Waals surface area contributed by atoms with Crippen LogP contribution in [0.4, 0.5) is 5.69 Å². The molecule has 0 aliphatic carbocycles. The van der Waals surface area contributed by atoms with Crippen LogP contribution in [0, 0.1) is 0 Å². The van der Waals surface area contributed by atoms with E-state index in [0.717, 1.165) is 5.56 Å². The lowest BCUT2D eigenvalue weighted by Gasteiger charge is -2.10. The lowest BCUT2D eigenvalue weighted by Crippen LogP contribution is -2.14. The monoisotopic (exact) mass is 328 g/mol. The van der Waals surface area contributed by atoms with E-state index in [0.29, 0.717) is 22.2 Å². The van der Waals surface area contributed by atoms with E-state index in [1.54, 1.807) is 18.2 Å². The molecule has 0 radical (unpaired) electrons. The van der Waals surface area contributed by atoms with E-state index in [1.807, 2.05) is 30.3 Å². The third-order valence-electron chi connectivity index (χ3n) is 3.23. The molecular formula is C17H13ClN2O3. The van der Waals surface area contributed by atoms with Crippen LogP contribution in [0.1, 0.15) is 10.5 Å². The van der Waals surface area contributed by atoms with Crippen LogP contribution in [-0.4, -0.2) is 18.0 Å². The van der Waals surface area contributed by atoms with E-state index in [-0.39, 0.29) is 5.69 Å². The summed E-state index contributed by atoms with van der Waals surface area (Å²) >= 11 is 5.97. The molecule has 5 nitrogen and oxygen atoms in total. The first-order valence-electron chi connectivity index (χ1n) is 6.83. The fourth-order valence-corrected chi connectivity index (χ4v) is 2.33. The van der Waals surface area contributed by atoms with Crippen LogP contribution < -0.4 is 10.1 Å². The van der Waals surface area contributed by atoms with Crippen molar-refractivity contribution in [1.82, 2.24) is 4.98 Å². The van der Waals surface area contributed by atoms with E-state index in [1.165, 1.54) is 13.5 Å². The number of benzene rings is 2. The Morgan fingerprint density at radius 1 is 1.22 bits per heavy atom. The summed E-state index contributed by atoms with van der Waals surface area (Å²) in [7, 11) is 1.52. The summed E-state index contributed by atoms with van der Waals surface area (Å²) in [6, 6.07) is 14.3. The predicted molar refractivity (Wildman–Crippen MR) is 87.9 cm³/mol. The van der Waals surface area contributed by atoms with Crippen molar-refractivity contribution >= 4 is 23.2 Å². The number of ether oxygens (including phenoxy) is 1. The first kappa shape index (κ1) is 15.1. The van der Waals surface area contributed by atoms with E-state index in [2.05, 4.69) is 10.3 Å². The molecule has 0 bridgehead atoms. The summed E-state index contributed by atoms with van der Waals surface area (Å²) < 4.78 is 10.6. The minimum Gasteiger partial charge on any atom is -0.495 e. The topological polar surface area (TPSA) is 64.4 Å². The van der Waals surface area contributed by atoms with Gasteiger partial charge in [0.25, 0.3) is 5.91 Å². The Morgan fingerprint density at radius 3 is 2.74 bits per heavy atom. The van der Waals surface area contributed by atoms with Crippen LogP contribution in [0.15, 0.2) is 59.3 Å². The fraction of sp³-hybridized carbons (Fsp3) is 0.0588. The van der Waals surface area contributed by atoms with Gasteiger partial charge in [-0.25, -0.2) is 4.98 Å². The summed E-state index contributed by atoms with van der Waals surface area (Å²) in [4.78, 5) is 16.5. The highest BCUT2D eigenvalue weighted by Crippen LogP contribution is 2.29. The standard InChI is InChI=1S/C17H13ClN2O3/c1-22-14-8-7-12(18)9-13(14)20-17(21)15-16(23-10-19-15)11-5-3-2-4-6-11/h2-10H,1H3,(H,20,21). The van der Waals surface area contributed by atoms with Gasteiger partial charge in [-0.3, -0.25) is 4.79 Å². The SMILES string of the molecule is COc1ccc(Cl)cc1NC(=O)c1ncoc1-c1ccccc1. The van der Waals surface area contributed by atoms with Crippen LogP contribution in [0.25, 0.3) is 11.3 Å². The number of halogens is 1. The third-order valence-corrected chi connectivity index (χ3v) is 3.46. The molecule has 1 amide bonds. The molecule has 0 unspecified atom stereocenters. The second-order valence-electron chi connectivity index (χ2n) is 4.69. The third kappa shape index (κ3) is 3.19. The molecule has 0 fully saturated rings. The molecule has 0 spiro atoms. The van der Waals surface area contributed by atoms with Crippen LogP contribution >= 0.6 is 11.6 Å². The molecular weight excluding hydrogens is 316 g/mol. The summed E-state index contributed by atoms with van der Waals surface area (Å²) in [6.07, 6.45) is 1.24. The maximum absolute atomic E-state index is 12.5. The second kappa shape index (κ2) is 6.54. The van der Waals surface area contributed by atoms with Gasteiger partial charge in [-0.05, 0) is 18.2 Å². The molecule has 2 aromatic carbocycles. The Bertz CT molecular complexity index is 831. The molecule has 0 aliphatic heterocycles. The quantitative estimate of drug-likeness (QED) is 0.777. The molecule has 3 aromatic rings. The smallest absolute Gasteiger partial charge is 0.278 e. The number of nitrogens with one attached hydrogen (secondary N) is 1. The Morgan fingerprint density at radius 2 is 2.00 bits per heavy atom. The summed E-state index contributed by atoms with van der Waals surface area (Å²) in [5, 5.41) is 3.23. The normalized spacial score (nSPS) is 10.3. The Hall–Kier alpha value is -2.79. The zero-order chi connectivity index (χ0) is 16.2. The maximum Gasteiger partial charge on any atom is 0.278 e. The van der Waals surface area contributed by atoms with Crippen LogP contribution in [-0.2, 0) is 0 Å². The molecule has 0 aliphatic rings. The molecule has 1 aromatic heterocycles. The number of oxazole rings is 1. The molecule has 0 atom stereocenters. The van der Waals surface area contributed by atoms with E-state index >= 15 is 0 Å². The summed E-state index contributed by atoms with van der Waals surface area (Å²) in [5.41, 5.74) is 1.43. The van der Waals surface area contributed by atoms with Gasteiger partial charge in [-0.15, -0.1) is 0 Å². The van der Waals surface area contributed by atoms with Crippen molar-refractivity contribution in [3.8, 4) is 17.1 Å². The van der Waals surface area contributed by atoms with E-state index in [4.69, 9.17) is 20.8 Å². The van der Waals surface area contributed by atoms with Crippen molar-refractivity contribution in [2.45, 2.75) is 0 Å². The van der Waals surface area contributed by atoms with Gasteiger partial charge in [0.15, 0.2) is 17.8 Å². The minimum absolute atomic E-state index is 0.193. The average Bonchev–Trinajstić information content (AvgIpc) is 3.05. The number of hydrogen-bond acceptors (Lipinski definition) is 4. The highest BCUT2D eigenvalue weighted by molar-refractivity contribution is 6.31. The van der Waals surface area contributed by atoms with Gasteiger partial charge in [0.05, 0.1) is 12.8 Å². The van der Waals surface area contributed by atoms with Crippen LogP contribution in [0.5, 0.6) is 5.75 Å². The maximum atomic E-state index is 12.5. The molecule has 1 heterocycles. The molecule has 116 valence electrons. The Labute approximate surface area is 137 Å². The Balaban J connectivity index is 1.91. The number of hydrogen-bond donors (Lipinski definition) is 1. The average molecular weight is 329 g/mol. The number of amides is 1. The van der Waals surface area contributed by atoms with Crippen LogP contribution in [0.3, 0.4) is 0 Å². The van der Waals surface area contributed by atoms with E-state index < -0.39 is 5.91 Å². The fourth-order valence-electron chi connectivity index (χ4n) is 2.16. The van der Waals surface area contributed by atoms with E-state index in [9.17, 15) is 4.79 Å². The molecule has 6 heteroatoms. The highest BCUT2D eigenvalue weighted by Gasteiger charge is 2.19. The lowest BCUT2D eigenvalue weighted by molar-refractivity contribution is 0.102. The van der Waals surface area contributed by atoms with Gasteiger partial charge in [-0.1, -0.05) is 41.9 Å². The largest absolute Gasteiger partial charge is 0.495 e. The predicted octanol–water partition coefficient (Wildman–Crippen LogP) is 4.26. The molecule has 0 saturated carbocycles. The van der Waals surface area contributed by atoms with Crippen molar-refractivity contribution < 1.29 is 13.9 Å². The van der Waals surface area contributed by atoms with Crippen molar-refractivity contribution in [1.29, 1.82) is 0 Å². The highest BCUT2D eigenvalue weighted by atomic mass is 35.5. The minimum atomic E-state index is -0.404. The zero-order valence-corrected chi connectivity index (χ0v) is 13.0. The van der Waals surface area contributed by atoms with Crippen molar-refractivity contribution in [2.75, 3.05) is 12.4 Å². The first-order chi connectivity index (χ1) is 11.2. The van der Waals surface area contributed by atoms with Crippen LogP contribution in [0.2, 0.25) is 5.02 Å². The van der Waals surface area contributed by atoms with Gasteiger partial charge in [0.1, 0.15) is 5.75 Å². The summed E-state index contributed by atoms with van der Waals surface area (Å²) in [6.45, 7) is 0. The second-order valence-corrected chi connectivity index (χ2v) is 5.13. The van der Waals surface area contributed by atoms with Gasteiger partial charge in [-0.2, -0.15) is 0 Å². The number of aromatic nitrogens is 1. The number of nitrogens with zero attached hydrogens (tertiary/aromatic N) is 1. The molecule has 23 heavy (non-hydrogen) atoms. The number of rotatable bonds is 4. The van der Waals surface area contributed by atoms with Crippen molar-refractivity contribution in [3.05, 3.63) is 65.6 Å². The van der Waals surface area contributed by atoms with Crippen molar-refractivity contribution in [3.63, 3.8) is 0 Å². The van der Waals surface area contributed by atoms with Gasteiger partial charge < -0.3 is 14.5 Å². The zero-order valence-electron chi connectivity index (χ0n) is 12.2. The molecule has 1 N–H and O–H groups in total. The lowest BCUT2D eigenvalue weighted by atomic mass is 10.1.